The summed E-state index contributed by atoms with van der Waals surface area (Å²) in [7, 11) is 0. The number of hydrogen-bond acceptors (Lipinski definition) is 4. The van der Waals surface area contributed by atoms with E-state index in [0.717, 1.165) is 4.88 Å². The summed E-state index contributed by atoms with van der Waals surface area (Å²) >= 11 is 1.57. The second-order valence-electron chi connectivity index (χ2n) is 4.27. The van der Waals surface area contributed by atoms with E-state index >= 15 is 0 Å². The molecule has 5 nitrogen and oxygen atoms in total. The number of carbonyl (C=O) groups excluding carboxylic acids is 1. The highest BCUT2D eigenvalue weighted by Gasteiger charge is 2.35. The minimum atomic E-state index is -1.00. The molecular formula is C12H15NO4S. The lowest BCUT2D eigenvalue weighted by atomic mass is 10.2. The van der Waals surface area contributed by atoms with E-state index in [-0.39, 0.29) is 11.9 Å². The van der Waals surface area contributed by atoms with Crippen molar-refractivity contribution >= 4 is 23.2 Å². The van der Waals surface area contributed by atoms with Crippen molar-refractivity contribution in [2.45, 2.75) is 38.0 Å². The van der Waals surface area contributed by atoms with Gasteiger partial charge in [-0.15, -0.1) is 11.3 Å². The van der Waals surface area contributed by atoms with Gasteiger partial charge in [-0.25, -0.2) is 4.79 Å². The molecule has 0 bridgehead atoms. The zero-order valence-corrected chi connectivity index (χ0v) is 10.8. The van der Waals surface area contributed by atoms with Gasteiger partial charge in [-0.2, -0.15) is 0 Å². The summed E-state index contributed by atoms with van der Waals surface area (Å²) in [5.74, 6) is -1.24. The summed E-state index contributed by atoms with van der Waals surface area (Å²) in [5.41, 5.74) is 0. The Bertz CT molecular complexity index is 431. The smallest absolute Gasteiger partial charge is 0.332 e. The second-order valence-corrected chi connectivity index (χ2v) is 5.25. The van der Waals surface area contributed by atoms with Crippen LogP contribution in [0, 0.1) is 0 Å². The van der Waals surface area contributed by atoms with Crippen LogP contribution in [0.4, 0.5) is 0 Å². The summed E-state index contributed by atoms with van der Waals surface area (Å²) < 4.78 is 5.19. The van der Waals surface area contributed by atoms with Crippen LogP contribution >= 0.6 is 11.3 Å². The summed E-state index contributed by atoms with van der Waals surface area (Å²) in [6.07, 6.45) is -0.646. The van der Waals surface area contributed by atoms with E-state index in [2.05, 4.69) is 5.32 Å². The molecule has 0 saturated carbocycles. The van der Waals surface area contributed by atoms with Gasteiger partial charge in [-0.05, 0) is 31.2 Å². The Morgan fingerprint density at radius 3 is 2.78 bits per heavy atom. The standard InChI is InChI=1S/C12H15NO4S/c1-7(10-3-2-6-18-10)13-11(14)8-4-5-9(17-8)12(15)16/h2-3,6-9H,4-5H2,1H3,(H,13,14)(H,15,16)/t7?,8-,9+/m0/s1. The molecule has 0 radical (unpaired) electrons. The first-order valence-corrected chi connectivity index (χ1v) is 6.68. The van der Waals surface area contributed by atoms with Crippen molar-refractivity contribution in [1.29, 1.82) is 0 Å². The molecule has 0 spiro atoms. The number of hydrogen-bond donors (Lipinski definition) is 2. The molecule has 1 amide bonds. The Kier molecular flexibility index (Phi) is 3.98. The Balaban J connectivity index is 1.87. The van der Waals surface area contributed by atoms with E-state index in [1.165, 1.54) is 0 Å². The van der Waals surface area contributed by atoms with E-state index in [1.54, 1.807) is 11.3 Å². The second kappa shape index (κ2) is 5.49. The molecule has 1 aliphatic rings. The maximum absolute atomic E-state index is 11.9. The van der Waals surface area contributed by atoms with Crippen molar-refractivity contribution in [2.24, 2.45) is 0 Å². The monoisotopic (exact) mass is 269 g/mol. The van der Waals surface area contributed by atoms with Gasteiger partial charge in [0.1, 0.15) is 6.10 Å². The van der Waals surface area contributed by atoms with Crippen molar-refractivity contribution in [3.8, 4) is 0 Å². The molecule has 1 saturated heterocycles. The highest BCUT2D eigenvalue weighted by Crippen LogP contribution is 2.22. The molecule has 6 heteroatoms. The molecule has 0 aliphatic carbocycles. The van der Waals surface area contributed by atoms with Crippen molar-refractivity contribution in [2.75, 3.05) is 0 Å². The lowest BCUT2D eigenvalue weighted by Crippen LogP contribution is -2.36. The molecule has 2 heterocycles. The Morgan fingerprint density at radius 1 is 1.50 bits per heavy atom. The predicted octanol–water partition coefficient (Wildman–Crippen LogP) is 1.56. The Morgan fingerprint density at radius 2 is 2.22 bits per heavy atom. The highest BCUT2D eigenvalue weighted by molar-refractivity contribution is 7.10. The van der Waals surface area contributed by atoms with Gasteiger partial charge in [0.05, 0.1) is 6.04 Å². The van der Waals surface area contributed by atoms with Gasteiger partial charge in [0, 0.05) is 4.88 Å². The van der Waals surface area contributed by atoms with Crippen molar-refractivity contribution in [3.05, 3.63) is 22.4 Å². The molecule has 2 rings (SSSR count). The lowest BCUT2D eigenvalue weighted by molar-refractivity contribution is -0.151. The SMILES string of the molecule is CC(NC(=O)[C@@H]1CC[C@H](C(=O)O)O1)c1cccs1. The number of carboxylic acids is 1. The van der Waals surface area contributed by atoms with Gasteiger partial charge in [0.15, 0.2) is 6.10 Å². The van der Waals surface area contributed by atoms with E-state index in [4.69, 9.17) is 9.84 Å². The molecule has 1 aliphatic heterocycles. The summed E-state index contributed by atoms with van der Waals surface area (Å²) in [5, 5.41) is 13.6. The van der Waals surface area contributed by atoms with Crippen LogP contribution in [0.2, 0.25) is 0 Å². The molecule has 1 aromatic rings. The fourth-order valence-electron chi connectivity index (χ4n) is 1.93. The third-order valence-corrected chi connectivity index (χ3v) is 3.97. The first-order chi connectivity index (χ1) is 8.58. The first kappa shape index (κ1) is 13.0. The normalized spacial score (nSPS) is 24.7. The molecule has 1 fully saturated rings. The minimum absolute atomic E-state index is 0.0787. The third kappa shape index (κ3) is 2.88. The van der Waals surface area contributed by atoms with E-state index in [0.29, 0.717) is 12.8 Å². The average molecular weight is 269 g/mol. The van der Waals surface area contributed by atoms with Gasteiger partial charge < -0.3 is 15.2 Å². The van der Waals surface area contributed by atoms with Crippen LogP contribution < -0.4 is 5.32 Å². The zero-order chi connectivity index (χ0) is 13.1. The van der Waals surface area contributed by atoms with Gasteiger partial charge in [-0.1, -0.05) is 6.07 Å². The average Bonchev–Trinajstić information content (AvgIpc) is 3.00. The molecular weight excluding hydrogens is 254 g/mol. The van der Waals surface area contributed by atoms with Crippen molar-refractivity contribution < 1.29 is 19.4 Å². The first-order valence-electron chi connectivity index (χ1n) is 5.80. The number of rotatable bonds is 4. The molecule has 98 valence electrons. The van der Waals surface area contributed by atoms with Crippen LogP contribution in [0.3, 0.4) is 0 Å². The van der Waals surface area contributed by atoms with Crippen LogP contribution in [0.5, 0.6) is 0 Å². The minimum Gasteiger partial charge on any atom is -0.479 e. The number of carboxylic acid groups (broad SMARTS) is 1. The summed E-state index contributed by atoms with van der Waals surface area (Å²) in [6, 6.07) is 3.80. The van der Waals surface area contributed by atoms with Crippen LogP contribution in [-0.2, 0) is 14.3 Å². The van der Waals surface area contributed by atoms with Gasteiger partial charge >= 0.3 is 5.97 Å². The van der Waals surface area contributed by atoms with Crippen LogP contribution in [0.25, 0.3) is 0 Å². The van der Waals surface area contributed by atoms with Crippen LogP contribution in [0.1, 0.15) is 30.7 Å². The topological polar surface area (TPSA) is 75.6 Å². The van der Waals surface area contributed by atoms with Crippen LogP contribution in [0.15, 0.2) is 17.5 Å². The fourth-order valence-corrected chi connectivity index (χ4v) is 2.66. The largest absolute Gasteiger partial charge is 0.479 e. The fraction of sp³-hybridized carbons (Fsp3) is 0.500. The molecule has 3 atom stereocenters. The maximum Gasteiger partial charge on any atom is 0.332 e. The summed E-state index contributed by atoms with van der Waals surface area (Å²) in [4.78, 5) is 23.7. The predicted molar refractivity (Wildman–Crippen MR) is 66.4 cm³/mol. The quantitative estimate of drug-likeness (QED) is 0.869. The Labute approximate surface area is 109 Å². The number of ether oxygens (including phenoxy) is 1. The van der Waals surface area contributed by atoms with Gasteiger partial charge in [0.2, 0.25) is 5.91 Å². The van der Waals surface area contributed by atoms with Crippen molar-refractivity contribution in [1.82, 2.24) is 5.32 Å². The zero-order valence-electron chi connectivity index (χ0n) is 9.96. The molecule has 0 aromatic carbocycles. The van der Waals surface area contributed by atoms with E-state index < -0.39 is 18.2 Å². The number of thiophene rings is 1. The lowest BCUT2D eigenvalue weighted by Gasteiger charge is -2.16. The molecule has 18 heavy (non-hydrogen) atoms. The number of nitrogens with one attached hydrogen (secondary N) is 1. The summed E-state index contributed by atoms with van der Waals surface area (Å²) in [6.45, 7) is 1.90. The van der Waals surface area contributed by atoms with Crippen molar-refractivity contribution in [3.63, 3.8) is 0 Å². The molecule has 1 unspecified atom stereocenters. The maximum atomic E-state index is 11.9. The number of aliphatic carboxylic acids is 1. The third-order valence-electron chi connectivity index (χ3n) is 2.92. The van der Waals surface area contributed by atoms with Gasteiger partial charge in [-0.3, -0.25) is 4.79 Å². The molecule has 1 aromatic heterocycles. The Hall–Kier alpha value is -1.40. The number of carbonyl (C=O) groups is 2. The van der Waals surface area contributed by atoms with Crippen LogP contribution in [-0.4, -0.2) is 29.2 Å². The number of amides is 1. The van der Waals surface area contributed by atoms with E-state index in [9.17, 15) is 9.59 Å². The van der Waals surface area contributed by atoms with E-state index in [1.807, 2.05) is 24.4 Å². The highest BCUT2D eigenvalue weighted by atomic mass is 32.1. The van der Waals surface area contributed by atoms with Gasteiger partial charge in [0.25, 0.3) is 0 Å². The molecule has 2 N–H and O–H groups in total.